The largest absolute Gasteiger partial charge is 0.478 e. The average molecular weight is 210 g/mol. The van der Waals surface area contributed by atoms with E-state index < -0.39 is 5.97 Å². The van der Waals surface area contributed by atoms with Crippen LogP contribution in [0.25, 0.3) is 0 Å². The molecular formula is C10H14N2O3. The van der Waals surface area contributed by atoms with E-state index in [1.54, 1.807) is 0 Å². The van der Waals surface area contributed by atoms with E-state index in [1.165, 1.54) is 6.20 Å². The van der Waals surface area contributed by atoms with Crippen LogP contribution in [0.5, 0.6) is 0 Å². The third-order valence-corrected chi connectivity index (χ3v) is 2.81. The number of hydrogen-bond donors (Lipinski definition) is 2. The molecule has 0 spiro atoms. The third kappa shape index (κ3) is 2.36. The number of nitrogens with one attached hydrogen (secondary N) is 1. The van der Waals surface area contributed by atoms with Crippen LogP contribution < -0.4 is 5.32 Å². The predicted octanol–water partition coefficient (Wildman–Crippen LogP) is 0.915. The average Bonchev–Trinajstić information content (AvgIpc) is 2.67. The number of nitrogens with zero attached hydrogens (tertiary/aromatic N) is 1. The first-order valence-electron chi connectivity index (χ1n) is 5.15. The second-order valence-corrected chi connectivity index (χ2v) is 3.87. The number of rotatable bonds is 3. The van der Waals surface area contributed by atoms with Crippen LogP contribution in [-0.4, -0.2) is 29.3 Å². The summed E-state index contributed by atoms with van der Waals surface area (Å²) in [5, 5.41) is 15.7. The van der Waals surface area contributed by atoms with Gasteiger partial charge in [0, 0.05) is 6.42 Å². The summed E-state index contributed by atoms with van der Waals surface area (Å²) in [6.07, 6.45) is 4.10. The Bertz CT molecular complexity index is 342. The predicted molar refractivity (Wildman–Crippen MR) is 52.8 cm³/mol. The molecule has 1 aromatic rings. The molecule has 0 radical (unpaired) electrons. The maximum atomic E-state index is 10.8. The van der Waals surface area contributed by atoms with Crippen LogP contribution in [0.4, 0.5) is 0 Å². The fourth-order valence-corrected chi connectivity index (χ4v) is 1.93. The molecule has 82 valence electrons. The van der Waals surface area contributed by atoms with Crippen molar-refractivity contribution in [2.75, 3.05) is 13.1 Å². The zero-order chi connectivity index (χ0) is 10.7. The third-order valence-electron chi connectivity index (χ3n) is 2.81. The van der Waals surface area contributed by atoms with Gasteiger partial charge in [0.25, 0.3) is 0 Å². The first kappa shape index (κ1) is 10.2. The van der Waals surface area contributed by atoms with Crippen LogP contribution in [0, 0.1) is 5.92 Å². The monoisotopic (exact) mass is 210 g/mol. The van der Waals surface area contributed by atoms with E-state index in [0.29, 0.717) is 18.1 Å². The number of carboxylic acid groups (broad SMARTS) is 1. The van der Waals surface area contributed by atoms with Crippen LogP contribution in [0.15, 0.2) is 10.7 Å². The summed E-state index contributed by atoms with van der Waals surface area (Å²) in [5.74, 6) is 0.0619. The van der Waals surface area contributed by atoms with Gasteiger partial charge in [-0.05, 0) is 31.8 Å². The molecule has 0 aromatic carbocycles. The lowest BCUT2D eigenvalue weighted by molar-refractivity contribution is 0.0694. The minimum atomic E-state index is -0.958. The molecular weight excluding hydrogens is 196 g/mol. The summed E-state index contributed by atoms with van der Waals surface area (Å²) < 4.78 is 4.98. The van der Waals surface area contributed by atoms with Crippen molar-refractivity contribution in [1.82, 2.24) is 10.5 Å². The van der Waals surface area contributed by atoms with E-state index >= 15 is 0 Å². The van der Waals surface area contributed by atoms with Crippen molar-refractivity contribution < 1.29 is 14.4 Å². The van der Waals surface area contributed by atoms with E-state index in [2.05, 4.69) is 10.5 Å². The summed E-state index contributed by atoms with van der Waals surface area (Å²) in [6.45, 7) is 2.00. The molecule has 1 saturated heterocycles. The molecule has 5 heteroatoms. The maximum absolute atomic E-state index is 10.8. The normalized spacial score (nSPS) is 17.9. The Hall–Kier alpha value is -1.36. The molecule has 2 rings (SSSR count). The summed E-state index contributed by atoms with van der Waals surface area (Å²) in [4.78, 5) is 10.8. The molecule has 1 aliphatic heterocycles. The molecule has 0 amide bonds. The van der Waals surface area contributed by atoms with Crippen LogP contribution in [-0.2, 0) is 6.42 Å². The van der Waals surface area contributed by atoms with Crippen molar-refractivity contribution >= 4 is 5.97 Å². The molecule has 15 heavy (non-hydrogen) atoms. The van der Waals surface area contributed by atoms with Gasteiger partial charge in [0.15, 0.2) is 5.76 Å². The molecule has 0 unspecified atom stereocenters. The van der Waals surface area contributed by atoms with Gasteiger partial charge in [-0.3, -0.25) is 0 Å². The molecule has 5 nitrogen and oxygen atoms in total. The zero-order valence-corrected chi connectivity index (χ0v) is 8.40. The molecule has 0 aliphatic carbocycles. The van der Waals surface area contributed by atoms with Gasteiger partial charge in [0.05, 0.1) is 6.20 Å². The topological polar surface area (TPSA) is 75.4 Å². The van der Waals surface area contributed by atoms with Gasteiger partial charge in [-0.1, -0.05) is 5.16 Å². The number of aromatic carboxylic acids is 1. The number of aromatic nitrogens is 1. The van der Waals surface area contributed by atoms with Gasteiger partial charge >= 0.3 is 5.97 Å². The van der Waals surface area contributed by atoms with E-state index in [4.69, 9.17) is 9.63 Å². The number of piperidine rings is 1. The number of hydrogen-bond acceptors (Lipinski definition) is 4. The summed E-state index contributed by atoms with van der Waals surface area (Å²) >= 11 is 0. The van der Waals surface area contributed by atoms with Crippen molar-refractivity contribution in [2.24, 2.45) is 5.92 Å². The van der Waals surface area contributed by atoms with Crippen molar-refractivity contribution in [2.45, 2.75) is 19.3 Å². The van der Waals surface area contributed by atoms with E-state index in [-0.39, 0.29) is 5.56 Å². The number of carboxylic acids is 1. The molecule has 1 fully saturated rings. The van der Waals surface area contributed by atoms with Crippen LogP contribution in [0.1, 0.15) is 29.0 Å². The van der Waals surface area contributed by atoms with Crippen LogP contribution in [0.3, 0.4) is 0 Å². The minimum Gasteiger partial charge on any atom is -0.478 e. The summed E-state index contributed by atoms with van der Waals surface area (Å²) in [6, 6.07) is 0. The Morgan fingerprint density at radius 1 is 1.60 bits per heavy atom. The van der Waals surface area contributed by atoms with E-state index in [1.807, 2.05) is 0 Å². The SMILES string of the molecule is O=C(O)c1cnoc1CC1CCNCC1. The Morgan fingerprint density at radius 2 is 2.33 bits per heavy atom. The molecule has 2 heterocycles. The smallest absolute Gasteiger partial charge is 0.340 e. The molecule has 0 saturated carbocycles. The fraction of sp³-hybridized carbons (Fsp3) is 0.600. The lowest BCUT2D eigenvalue weighted by atomic mass is 9.92. The highest BCUT2D eigenvalue weighted by Crippen LogP contribution is 2.20. The highest BCUT2D eigenvalue weighted by molar-refractivity contribution is 5.88. The first-order chi connectivity index (χ1) is 7.27. The molecule has 0 bridgehead atoms. The number of carbonyl (C=O) groups is 1. The second-order valence-electron chi connectivity index (χ2n) is 3.87. The van der Waals surface area contributed by atoms with Crippen molar-refractivity contribution in [3.05, 3.63) is 17.5 Å². The highest BCUT2D eigenvalue weighted by Gasteiger charge is 2.20. The van der Waals surface area contributed by atoms with Crippen LogP contribution >= 0.6 is 0 Å². The molecule has 2 N–H and O–H groups in total. The van der Waals surface area contributed by atoms with Gasteiger partial charge < -0.3 is 14.9 Å². The van der Waals surface area contributed by atoms with Crippen molar-refractivity contribution in [3.8, 4) is 0 Å². The van der Waals surface area contributed by atoms with Gasteiger partial charge in [-0.25, -0.2) is 4.79 Å². The van der Waals surface area contributed by atoms with Crippen molar-refractivity contribution in [3.63, 3.8) is 0 Å². The minimum absolute atomic E-state index is 0.202. The first-order valence-corrected chi connectivity index (χ1v) is 5.15. The fourth-order valence-electron chi connectivity index (χ4n) is 1.93. The summed E-state index contributed by atoms with van der Waals surface area (Å²) in [7, 11) is 0. The molecule has 1 aliphatic rings. The van der Waals surface area contributed by atoms with E-state index in [9.17, 15) is 4.79 Å². The molecule has 1 aromatic heterocycles. The van der Waals surface area contributed by atoms with Gasteiger partial charge in [-0.2, -0.15) is 0 Å². The quantitative estimate of drug-likeness (QED) is 0.775. The Kier molecular flexibility index (Phi) is 3.01. The Morgan fingerprint density at radius 3 is 3.00 bits per heavy atom. The van der Waals surface area contributed by atoms with Gasteiger partial charge in [-0.15, -0.1) is 0 Å². The standard InChI is InChI=1S/C10H14N2O3/c13-10(14)8-6-12-15-9(8)5-7-1-3-11-4-2-7/h6-7,11H,1-5H2,(H,13,14). The summed E-state index contributed by atoms with van der Waals surface area (Å²) in [5.41, 5.74) is 0.202. The van der Waals surface area contributed by atoms with Gasteiger partial charge in [0.2, 0.25) is 0 Å². The van der Waals surface area contributed by atoms with Gasteiger partial charge in [0.1, 0.15) is 5.56 Å². The lowest BCUT2D eigenvalue weighted by Crippen LogP contribution is -2.28. The maximum Gasteiger partial charge on any atom is 0.340 e. The van der Waals surface area contributed by atoms with E-state index in [0.717, 1.165) is 25.9 Å². The lowest BCUT2D eigenvalue weighted by Gasteiger charge is -2.21. The molecule has 0 atom stereocenters. The Labute approximate surface area is 87.5 Å². The second kappa shape index (κ2) is 4.44. The highest BCUT2D eigenvalue weighted by atomic mass is 16.5. The zero-order valence-electron chi connectivity index (χ0n) is 8.40. The van der Waals surface area contributed by atoms with Crippen LogP contribution in [0.2, 0.25) is 0 Å². The van der Waals surface area contributed by atoms with Crippen molar-refractivity contribution in [1.29, 1.82) is 0 Å². The Balaban J connectivity index is 2.03.